The summed E-state index contributed by atoms with van der Waals surface area (Å²) in [5.41, 5.74) is 1.22. The molecule has 0 aliphatic heterocycles. The molecule has 0 radical (unpaired) electrons. The highest BCUT2D eigenvalue weighted by molar-refractivity contribution is 7.20. The van der Waals surface area contributed by atoms with E-state index in [2.05, 4.69) is 4.98 Å². The summed E-state index contributed by atoms with van der Waals surface area (Å²) in [6.07, 6.45) is 1.41. The number of fused-ring (bicyclic) bond motifs is 1. The molecular weight excluding hydrogens is 394 g/mol. The predicted molar refractivity (Wildman–Crippen MR) is 109 cm³/mol. The fraction of sp³-hybridized carbons (Fsp3) is 0.300. The SMILES string of the molecule is COc1ccc(CN(C)C(=O)COC(=O)c2sc3ncn(C)c(=O)c3c2C)cc1. The van der Waals surface area contributed by atoms with E-state index in [-0.39, 0.29) is 23.0 Å². The minimum atomic E-state index is -0.640. The molecule has 2 heterocycles. The third kappa shape index (κ3) is 4.29. The van der Waals surface area contributed by atoms with Crippen molar-refractivity contribution in [3.05, 3.63) is 57.0 Å². The first-order valence-corrected chi connectivity index (χ1v) is 9.62. The van der Waals surface area contributed by atoms with Gasteiger partial charge in [-0.05, 0) is 30.2 Å². The second kappa shape index (κ2) is 8.44. The number of aryl methyl sites for hydroxylation is 2. The highest BCUT2D eigenvalue weighted by Crippen LogP contribution is 2.27. The topological polar surface area (TPSA) is 90.7 Å². The molecule has 0 aliphatic carbocycles. The first kappa shape index (κ1) is 20.5. The van der Waals surface area contributed by atoms with E-state index < -0.39 is 5.97 Å². The maximum absolute atomic E-state index is 12.5. The van der Waals surface area contributed by atoms with Crippen LogP contribution >= 0.6 is 11.3 Å². The van der Waals surface area contributed by atoms with E-state index in [1.807, 2.05) is 24.3 Å². The lowest BCUT2D eigenvalue weighted by Crippen LogP contribution is -2.30. The predicted octanol–water partition coefficient (Wildman–Crippen LogP) is 2.13. The van der Waals surface area contributed by atoms with Gasteiger partial charge in [-0.25, -0.2) is 9.78 Å². The summed E-state index contributed by atoms with van der Waals surface area (Å²) in [5.74, 6) is -0.236. The van der Waals surface area contributed by atoms with Gasteiger partial charge in [0.15, 0.2) is 6.61 Å². The first-order valence-electron chi connectivity index (χ1n) is 8.80. The summed E-state index contributed by atoms with van der Waals surface area (Å²) < 4.78 is 11.7. The summed E-state index contributed by atoms with van der Waals surface area (Å²) in [6.45, 7) is 1.67. The number of hydrogen-bond donors (Lipinski definition) is 0. The molecule has 1 aromatic carbocycles. The third-order valence-corrected chi connectivity index (χ3v) is 5.71. The largest absolute Gasteiger partial charge is 0.497 e. The number of esters is 1. The van der Waals surface area contributed by atoms with Crippen molar-refractivity contribution in [3.63, 3.8) is 0 Å². The Morgan fingerprint density at radius 1 is 1.24 bits per heavy atom. The van der Waals surface area contributed by atoms with Crippen LogP contribution in [0.2, 0.25) is 0 Å². The highest BCUT2D eigenvalue weighted by atomic mass is 32.1. The molecule has 3 rings (SSSR count). The maximum atomic E-state index is 12.5. The zero-order valence-electron chi connectivity index (χ0n) is 16.6. The van der Waals surface area contributed by atoms with Gasteiger partial charge in [-0.15, -0.1) is 11.3 Å². The van der Waals surface area contributed by atoms with Gasteiger partial charge in [0.2, 0.25) is 0 Å². The van der Waals surface area contributed by atoms with Gasteiger partial charge >= 0.3 is 5.97 Å². The van der Waals surface area contributed by atoms with Gasteiger partial charge in [0.05, 0.1) is 18.8 Å². The number of thiophene rings is 1. The number of amides is 1. The van der Waals surface area contributed by atoms with Gasteiger partial charge in [0.25, 0.3) is 11.5 Å². The average molecular weight is 415 g/mol. The number of carbonyl (C=O) groups is 2. The number of nitrogens with zero attached hydrogens (tertiary/aromatic N) is 3. The minimum Gasteiger partial charge on any atom is -0.497 e. The molecule has 0 aliphatic rings. The molecule has 0 atom stereocenters. The van der Waals surface area contributed by atoms with Crippen LogP contribution in [0.1, 0.15) is 20.8 Å². The molecule has 3 aromatic rings. The van der Waals surface area contributed by atoms with Crippen LogP contribution in [0.25, 0.3) is 10.2 Å². The van der Waals surface area contributed by atoms with E-state index in [0.29, 0.717) is 22.3 Å². The number of hydrogen-bond acceptors (Lipinski definition) is 7. The van der Waals surface area contributed by atoms with Gasteiger partial charge in [-0.3, -0.25) is 9.59 Å². The van der Waals surface area contributed by atoms with Crippen molar-refractivity contribution in [2.75, 3.05) is 20.8 Å². The van der Waals surface area contributed by atoms with Crippen molar-refractivity contribution in [2.24, 2.45) is 7.05 Å². The Morgan fingerprint density at radius 3 is 2.59 bits per heavy atom. The molecule has 8 nitrogen and oxygen atoms in total. The molecule has 0 N–H and O–H groups in total. The van der Waals surface area contributed by atoms with Gasteiger partial charge < -0.3 is 18.9 Å². The van der Waals surface area contributed by atoms with Crippen molar-refractivity contribution in [2.45, 2.75) is 13.5 Å². The molecule has 0 bridgehead atoms. The molecule has 0 fully saturated rings. The Morgan fingerprint density at radius 2 is 1.93 bits per heavy atom. The second-order valence-corrected chi connectivity index (χ2v) is 7.57. The zero-order valence-corrected chi connectivity index (χ0v) is 17.4. The number of likely N-dealkylation sites (N-methyl/N-ethyl adjacent to an activating group) is 1. The Labute approximate surface area is 171 Å². The van der Waals surface area contributed by atoms with E-state index in [1.54, 1.807) is 28.1 Å². The Kier molecular flexibility index (Phi) is 5.97. The van der Waals surface area contributed by atoms with E-state index >= 15 is 0 Å². The smallest absolute Gasteiger partial charge is 0.349 e. The summed E-state index contributed by atoms with van der Waals surface area (Å²) in [5, 5.41) is 0.398. The van der Waals surface area contributed by atoms with Gasteiger partial charge in [-0.2, -0.15) is 0 Å². The number of ether oxygens (including phenoxy) is 2. The summed E-state index contributed by atoms with van der Waals surface area (Å²) in [4.78, 5) is 43.4. The van der Waals surface area contributed by atoms with Crippen molar-refractivity contribution < 1.29 is 19.1 Å². The monoisotopic (exact) mass is 415 g/mol. The Bertz CT molecular complexity index is 1120. The third-order valence-electron chi connectivity index (χ3n) is 4.53. The summed E-state index contributed by atoms with van der Waals surface area (Å²) in [7, 11) is 4.82. The highest BCUT2D eigenvalue weighted by Gasteiger charge is 2.21. The molecule has 0 unspecified atom stereocenters. The normalized spacial score (nSPS) is 10.8. The molecule has 0 saturated heterocycles. The molecule has 29 heavy (non-hydrogen) atoms. The molecular formula is C20H21N3O5S. The standard InChI is InChI=1S/C20H21N3O5S/c1-12-16-18(21-11-23(3)19(16)25)29-17(12)20(26)28-10-15(24)22(2)9-13-5-7-14(27-4)8-6-13/h5-8,11H,9-10H2,1-4H3. The number of benzene rings is 1. The van der Waals surface area contributed by atoms with Crippen molar-refractivity contribution in [1.29, 1.82) is 0 Å². The molecule has 2 aromatic heterocycles. The minimum absolute atomic E-state index is 0.224. The van der Waals surface area contributed by atoms with E-state index in [1.165, 1.54) is 15.8 Å². The fourth-order valence-electron chi connectivity index (χ4n) is 2.80. The van der Waals surface area contributed by atoms with Crippen LogP contribution in [0.15, 0.2) is 35.4 Å². The molecule has 9 heteroatoms. The Balaban J connectivity index is 1.64. The summed E-state index contributed by atoms with van der Waals surface area (Å²) in [6, 6.07) is 7.36. The quantitative estimate of drug-likeness (QED) is 0.573. The lowest BCUT2D eigenvalue weighted by atomic mass is 10.2. The lowest BCUT2D eigenvalue weighted by molar-refractivity contribution is -0.133. The second-order valence-electron chi connectivity index (χ2n) is 6.57. The Hall–Kier alpha value is -3.20. The van der Waals surface area contributed by atoms with Gasteiger partial charge in [0.1, 0.15) is 15.5 Å². The number of aromatic nitrogens is 2. The van der Waals surface area contributed by atoms with Crippen molar-refractivity contribution >= 4 is 33.4 Å². The van der Waals surface area contributed by atoms with E-state index in [9.17, 15) is 14.4 Å². The number of methoxy groups -OCH3 is 1. The maximum Gasteiger partial charge on any atom is 0.349 e. The van der Waals surface area contributed by atoms with Crippen LogP contribution in [0.3, 0.4) is 0 Å². The molecule has 1 amide bonds. The van der Waals surface area contributed by atoms with E-state index in [4.69, 9.17) is 9.47 Å². The van der Waals surface area contributed by atoms with Crippen molar-refractivity contribution in [3.8, 4) is 5.75 Å². The average Bonchev–Trinajstić information content (AvgIpc) is 3.06. The van der Waals surface area contributed by atoms with Gasteiger partial charge in [-0.1, -0.05) is 12.1 Å². The van der Waals surface area contributed by atoms with Gasteiger partial charge in [0, 0.05) is 20.6 Å². The van der Waals surface area contributed by atoms with Crippen LogP contribution in [0.4, 0.5) is 0 Å². The van der Waals surface area contributed by atoms with Crippen LogP contribution in [-0.4, -0.2) is 47.1 Å². The zero-order chi connectivity index (χ0) is 21.1. The molecule has 0 spiro atoms. The molecule has 0 saturated carbocycles. The van der Waals surface area contributed by atoms with Crippen LogP contribution in [0.5, 0.6) is 5.75 Å². The summed E-state index contributed by atoms with van der Waals surface area (Å²) >= 11 is 1.09. The number of rotatable bonds is 6. The lowest BCUT2D eigenvalue weighted by Gasteiger charge is -2.17. The first-order chi connectivity index (χ1) is 13.8. The fourth-order valence-corrected chi connectivity index (χ4v) is 3.83. The van der Waals surface area contributed by atoms with Crippen LogP contribution < -0.4 is 10.3 Å². The van der Waals surface area contributed by atoms with Crippen LogP contribution in [0, 0.1) is 6.92 Å². The number of carbonyl (C=O) groups excluding carboxylic acids is 2. The molecule has 152 valence electrons. The van der Waals surface area contributed by atoms with E-state index in [0.717, 1.165) is 22.6 Å². The van der Waals surface area contributed by atoms with Crippen LogP contribution in [-0.2, 0) is 23.1 Å². The van der Waals surface area contributed by atoms with Crippen molar-refractivity contribution in [1.82, 2.24) is 14.5 Å².